The van der Waals surface area contributed by atoms with Gasteiger partial charge in [-0.1, -0.05) is 42.5 Å². The molecule has 0 aliphatic carbocycles. The SMILES string of the molecule is COc1ccc(C(C)=NNC(=O)Cc2cccc3ccccc23)cc1[N+](=O)[O-]. The monoisotopic (exact) mass is 377 g/mol. The summed E-state index contributed by atoms with van der Waals surface area (Å²) in [5.74, 6) is -0.0970. The normalized spacial score (nSPS) is 11.3. The molecule has 1 amide bonds. The molecule has 0 aliphatic heterocycles. The summed E-state index contributed by atoms with van der Waals surface area (Å²) in [6, 6.07) is 18.2. The summed E-state index contributed by atoms with van der Waals surface area (Å²) in [5, 5.41) is 17.3. The number of nitrogens with zero attached hydrogens (tertiary/aromatic N) is 2. The van der Waals surface area contributed by atoms with Crippen LogP contribution in [-0.4, -0.2) is 23.7 Å². The molecule has 0 bridgehead atoms. The number of nitro groups is 1. The second-order valence-electron chi connectivity index (χ2n) is 6.19. The zero-order valence-corrected chi connectivity index (χ0v) is 15.5. The number of rotatable bonds is 6. The molecule has 0 aromatic heterocycles. The summed E-state index contributed by atoms with van der Waals surface area (Å²) in [6.45, 7) is 1.67. The average Bonchev–Trinajstić information content (AvgIpc) is 2.71. The molecule has 28 heavy (non-hydrogen) atoms. The van der Waals surface area contributed by atoms with Crippen LogP contribution in [0.1, 0.15) is 18.1 Å². The Bertz CT molecular complexity index is 1070. The highest BCUT2D eigenvalue weighted by atomic mass is 16.6. The Labute approximate surface area is 161 Å². The second-order valence-corrected chi connectivity index (χ2v) is 6.19. The molecular weight excluding hydrogens is 358 g/mol. The van der Waals surface area contributed by atoms with Crippen LogP contribution in [0.3, 0.4) is 0 Å². The van der Waals surface area contributed by atoms with Crippen molar-refractivity contribution in [2.75, 3.05) is 7.11 Å². The van der Waals surface area contributed by atoms with E-state index in [4.69, 9.17) is 4.74 Å². The summed E-state index contributed by atoms with van der Waals surface area (Å²) in [7, 11) is 1.37. The number of ether oxygens (including phenoxy) is 1. The first-order chi connectivity index (χ1) is 13.5. The van der Waals surface area contributed by atoms with E-state index in [-0.39, 0.29) is 23.8 Å². The van der Waals surface area contributed by atoms with Crippen molar-refractivity contribution in [2.45, 2.75) is 13.3 Å². The molecule has 1 N–H and O–H groups in total. The predicted molar refractivity (Wildman–Crippen MR) is 108 cm³/mol. The van der Waals surface area contributed by atoms with Crippen LogP contribution in [0, 0.1) is 10.1 Å². The number of hydrazone groups is 1. The molecule has 3 aromatic carbocycles. The van der Waals surface area contributed by atoms with Crippen LogP contribution in [0.4, 0.5) is 5.69 Å². The largest absolute Gasteiger partial charge is 0.490 e. The lowest BCUT2D eigenvalue weighted by molar-refractivity contribution is -0.385. The van der Waals surface area contributed by atoms with Gasteiger partial charge in [-0.3, -0.25) is 14.9 Å². The van der Waals surface area contributed by atoms with Crippen molar-refractivity contribution < 1.29 is 14.5 Å². The molecule has 0 atom stereocenters. The number of amides is 1. The van der Waals surface area contributed by atoms with Crippen molar-refractivity contribution in [3.05, 3.63) is 81.9 Å². The fourth-order valence-electron chi connectivity index (χ4n) is 2.93. The molecule has 0 saturated heterocycles. The first kappa shape index (κ1) is 19.0. The van der Waals surface area contributed by atoms with Gasteiger partial charge in [0.05, 0.1) is 24.2 Å². The molecule has 7 nitrogen and oxygen atoms in total. The molecule has 0 fully saturated rings. The third kappa shape index (κ3) is 4.15. The summed E-state index contributed by atoms with van der Waals surface area (Å²) >= 11 is 0. The molecule has 0 saturated carbocycles. The van der Waals surface area contributed by atoms with Gasteiger partial charge in [0.1, 0.15) is 0 Å². The van der Waals surface area contributed by atoms with Crippen molar-refractivity contribution in [2.24, 2.45) is 5.10 Å². The molecule has 0 unspecified atom stereocenters. The van der Waals surface area contributed by atoms with E-state index in [0.717, 1.165) is 16.3 Å². The number of nitro benzene ring substituents is 1. The summed E-state index contributed by atoms with van der Waals surface area (Å²) in [6.07, 6.45) is 0.181. The number of hydrogen-bond donors (Lipinski definition) is 1. The minimum Gasteiger partial charge on any atom is -0.490 e. The fourth-order valence-corrected chi connectivity index (χ4v) is 2.93. The Morgan fingerprint density at radius 2 is 1.89 bits per heavy atom. The molecule has 3 aromatic rings. The third-order valence-corrected chi connectivity index (χ3v) is 4.37. The van der Waals surface area contributed by atoms with Crippen LogP contribution >= 0.6 is 0 Å². The van der Waals surface area contributed by atoms with Gasteiger partial charge in [-0.05, 0) is 35.4 Å². The van der Waals surface area contributed by atoms with E-state index >= 15 is 0 Å². The second kappa shape index (κ2) is 8.30. The first-order valence-electron chi connectivity index (χ1n) is 8.62. The van der Waals surface area contributed by atoms with Crippen LogP contribution in [-0.2, 0) is 11.2 Å². The highest BCUT2D eigenvalue weighted by molar-refractivity contribution is 6.00. The van der Waals surface area contributed by atoms with Crippen molar-refractivity contribution in [3.63, 3.8) is 0 Å². The van der Waals surface area contributed by atoms with E-state index in [0.29, 0.717) is 11.3 Å². The number of nitrogens with one attached hydrogen (secondary N) is 1. The van der Waals surface area contributed by atoms with E-state index in [1.54, 1.807) is 13.0 Å². The standard InChI is InChI=1S/C21H19N3O4/c1-14(16-10-11-20(28-2)19(12-16)24(26)27)22-23-21(25)13-17-8-5-7-15-6-3-4-9-18(15)17/h3-12H,13H2,1-2H3,(H,23,25). The van der Waals surface area contributed by atoms with E-state index < -0.39 is 4.92 Å². The van der Waals surface area contributed by atoms with Crippen LogP contribution in [0.25, 0.3) is 10.8 Å². The molecule has 0 aliphatic rings. The highest BCUT2D eigenvalue weighted by Gasteiger charge is 2.16. The highest BCUT2D eigenvalue weighted by Crippen LogP contribution is 2.27. The molecular formula is C21H19N3O4. The zero-order chi connectivity index (χ0) is 20.1. The van der Waals surface area contributed by atoms with Gasteiger partial charge < -0.3 is 4.74 Å². The van der Waals surface area contributed by atoms with Crippen molar-refractivity contribution in [3.8, 4) is 5.75 Å². The molecule has 0 heterocycles. The van der Waals surface area contributed by atoms with Gasteiger partial charge in [0, 0.05) is 11.6 Å². The predicted octanol–water partition coefficient (Wildman–Crippen LogP) is 3.84. The Morgan fingerprint density at radius 3 is 2.64 bits per heavy atom. The van der Waals surface area contributed by atoms with Crippen LogP contribution < -0.4 is 10.2 Å². The van der Waals surface area contributed by atoms with Crippen LogP contribution in [0.2, 0.25) is 0 Å². The molecule has 3 rings (SSSR count). The summed E-state index contributed by atoms with van der Waals surface area (Å²) in [5.41, 5.74) is 4.25. The number of carbonyl (C=O) groups excluding carboxylic acids is 1. The van der Waals surface area contributed by atoms with Crippen LogP contribution in [0.5, 0.6) is 5.75 Å². The maximum atomic E-state index is 12.3. The Hall–Kier alpha value is -3.74. The van der Waals surface area contributed by atoms with E-state index in [9.17, 15) is 14.9 Å². The van der Waals surface area contributed by atoms with Gasteiger partial charge >= 0.3 is 5.69 Å². The number of hydrogen-bond acceptors (Lipinski definition) is 5. The molecule has 0 radical (unpaired) electrons. The van der Waals surface area contributed by atoms with Crippen molar-refractivity contribution in [1.82, 2.24) is 5.43 Å². The minimum absolute atomic E-state index is 0.156. The number of carbonyl (C=O) groups is 1. The zero-order valence-electron chi connectivity index (χ0n) is 15.5. The lowest BCUT2D eigenvalue weighted by atomic mass is 10.0. The van der Waals surface area contributed by atoms with Gasteiger partial charge in [-0.25, -0.2) is 5.43 Å². The molecule has 7 heteroatoms. The molecule has 0 spiro atoms. The lowest BCUT2D eigenvalue weighted by Gasteiger charge is -2.07. The number of methoxy groups -OCH3 is 1. The fraction of sp³-hybridized carbons (Fsp3) is 0.143. The number of benzene rings is 3. The maximum absolute atomic E-state index is 12.3. The number of fused-ring (bicyclic) bond motifs is 1. The van der Waals surface area contributed by atoms with Crippen LogP contribution in [0.15, 0.2) is 65.8 Å². The van der Waals surface area contributed by atoms with Gasteiger partial charge in [-0.2, -0.15) is 5.10 Å². The van der Waals surface area contributed by atoms with Crippen molar-refractivity contribution in [1.29, 1.82) is 0 Å². The summed E-state index contributed by atoms with van der Waals surface area (Å²) in [4.78, 5) is 22.9. The maximum Gasteiger partial charge on any atom is 0.311 e. The Balaban J connectivity index is 1.75. The van der Waals surface area contributed by atoms with Gasteiger partial charge in [-0.15, -0.1) is 0 Å². The summed E-state index contributed by atoms with van der Waals surface area (Å²) < 4.78 is 4.99. The van der Waals surface area contributed by atoms with Gasteiger partial charge in [0.15, 0.2) is 5.75 Å². The quantitative estimate of drug-likeness (QED) is 0.401. The smallest absolute Gasteiger partial charge is 0.311 e. The van der Waals surface area contributed by atoms with E-state index in [2.05, 4.69) is 10.5 Å². The molecule has 142 valence electrons. The average molecular weight is 377 g/mol. The Morgan fingerprint density at radius 1 is 1.14 bits per heavy atom. The van der Waals surface area contributed by atoms with Crippen molar-refractivity contribution >= 4 is 28.1 Å². The Kier molecular flexibility index (Phi) is 5.64. The topological polar surface area (TPSA) is 93.8 Å². The van der Waals surface area contributed by atoms with Gasteiger partial charge in [0.2, 0.25) is 5.91 Å². The first-order valence-corrected chi connectivity index (χ1v) is 8.62. The minimum atomic E-state index is -0.519. The van der Waals surface area contributed by atoms with Gasteiger partial charge in [0.25, 0.3) is 0 Å². The third-order valence-electron chi connectivity index (χ3n) is 4.37. The van der Waals surface area contributed by atoms with E-state index in [1.807, 2.05) is 42.5 Å². The van der Waals surface area contributed by atoms with E-state index in [1.165, 1.54) is 19.2 Å². The lowest BCUT2D eigenvalue weighted by Crippen LogP contribution is -2.21.